The Kier molecular flexibility index (Phi) is 4.72. The van der Waals surface area contributed by atoms with Gasteiger partial charge in [0.2, 0.25) is 0 Å². The average molecular weight is 390 g/mol. The number of imide groups is 2. The highest BCUT2D eigenvalue weighted by atomic mass is 16.4. The highest BCUT2D eigenvalue weighted by Crippen LogP contribution is 2.23. The van der Waals surface area contributed by atoms with Crippen LogP contribution in [0.15, 0.2) is 63.8 Å². The molecule has 0 unspecified atom stereocenters. The summed E-state index contributed by atoms with van der Waals surface area (Å²) in [5.74, 6) is -1.78. The van der Waals surface area contributed by atoms with Crippen LogP contribution < -0.4 is 5.63 Å². The molecule has 1 aliphatic rings. The van der Waals surface area contributed by atoms with Gasteiger partial charge in [0.05, 0.1) is 13.1 Å². The Bertz CT molecular complexity index is 1180. The maximum atomic E-state index is 12.8. The lowest BCUT2D eigenvalue weighted by molar-refractivity contribution is -0.143. The van der Waals surface area contributed by atoms with E-state index in [1.54, 1.807) is 36.4 Å². The number of fused-ring (bicyclic) bond motifs is 1. The van der Waals surface area contributed by atoms with Crippen LogP contribution in [-0.4, -0.2) is 27.6 Å². The van der Waals surface area contributed by atoms with Gasteiger partial charge in [-0.3, -0.25) is 19.4 Å². The van der Waals surface area contributed by atoms with Crippen molar-refractivity contribution in [1.29, 1.82) is 0 Å². The molecule has 0 saturated carbocycles. The molecule has 29 heavy (non-hydrogen) atoms. The monoisotopic (exact) mass is 390 g/mol. The van der Waals surface area contributed by atoms with Gasteiger partial charge in [-0.15, -0.1) is 0 Å². The van der Waals surface area contributed by atoms with Gasteiger partial charge in [-0.2, -0.15) is 0 Å². The second-order valence-corrected chi connectivity index (χ2v) is 6.83. The van der Waals surface area contributed by atoms with E-state index in [1.807, 2.05) is 19.1 Å². The molecular weight excluding hydrogens is 372 g/mol. The third-order valence-electron chi connectivity index (χ3n) is 4.95. The SMILES string of the molecule is CCc1ccc2c(CN3C(=O)C(=O)N(Cc4ccccc4)C3=O)cc(=O)oc2c1. The molecule has 0 aliphatic carbocycles. The Hall–Kier alpha value is -3.74. The van der Waals surface area contributed by atoms with Crippen molar-refractivity contribution in [2.75, 3.05) is 0 Å². The normalized spacial score (nSPS) is 14.3. The van der Waals surface area contributed by atoms with E-state index in [0.29, 0.717) is 16.5 Å². The summed E-state index contributed by atoms with van der Waals surface area (Å²) in [6.45, 7) is 1.82. The van der Waals surface area contributed by atoms with Crippen molar-refractivity contribution in [2.24, 2.45) is 0 Å². The minimum absolute atomic E-state index is 0.0122. The number of rotatable bonds is 5. The number of aryl methyl sites for hydroxylation is 1. The quantitative estimate of drug-likeness (QED) is 0.380. The molecule has 2 heterocycles. The maximum Gasteiger partial charge on any atom is 0.336 e. The molecule has 1 aliphatic heterocycles. The fourth-order valence-corrected chi connectivity index (χ4v) is 3.39. The second kappa shape index (κ2) is 7.35. The van der Waals surface area contributed by atoms with Crippen LogP contribution in [0.25, 0.3) is 11.0 Å². The standard InChI is InChI=1S/C22H18N2O5/c1-2-14-8-9-17-16(11-19(25)29-18(17)10-14)13-24-21(27)20(26)23(22(24)28)12-15-6-4-3-5-7-15/h3-11H,2,12-13H2,1H3. The lowest BCUT2D eigenvalue weighted by Crippen LogP contribution is -2.33. The van der Waals surface area contributed by atoms with Gasteiger partial charge in [0, 0.05) is 11.5 Å². The molecule has 4 amide bonds. The van der Waals surface area contributed by atoms with E-state index in [9.17, 15) is 19.2 Å². The van der Waals surface area contributed by atoms with Crippen LogP contribution in [0.3, 0.4) is 0 Å². The number of carbonyl (C=O) groups is 3. The van der Waals surface area contributed by atoms with Crippen LogP contribution in [0.4, 0.5) is 4.79 Å². The molecule has 2 aromatic carbocycles. The number of hydrogen-bond donors (Lipinski definition) is 0. The number of hydrogen-bond acceptors (Lipinski definition) is 5. The summed E-state index contributed by atoms with van der Waals surface area (Å²) in [4.78, 5) is 51.4. The van der Waals surface area contributed by atoms with Gasteiger partial charge in [-0.1, -0.05) is 49.4 Å². The van der Waals surface area contributed by atoms with Gasteiger partial charge in [0.25, 0.3) is 0 Å². The largest absolute Gasteiger partial charge is 0.423 e. The van der Waals surface area contributed by atoms with E-state index in [4.69, 9.17) is 4.42 Å². The van der Waals surface area contributed by atoms with E-state index in [0.717, 1.165) is 27.3 Å². The lowest BCUT2D eigenvalue weighted by atomic mass is 10.1. The number of benzene rings is 2. The zero-order valence-corrected chi connectivity index (χ0v) is 15.8. The predicted molar refractivity (Wildman–Crippen MR) is 105 cm³/mol. The van der Waals surface area contributed by atoms with Gasteiger partial charge in [0.15, 0.2) is 0 Å². The van der Waals surface area contributed by atoms with Crippen molar-refractivity contribution >= 4 is 28.8 Å². The van der Waals surface area contributed by atoms with Crippen molar-refractivity contribution in [2.45, 2.75) is 26.4 Å². The topological polar surface area (TPSA) is 87.9 Å². The van der Waals surface area contributed by atoms with Crippen LogP contribution in [0.2, 0.25) is 0 Å². The molecule has 0 bridgehead atoms. The van der Waals surface area contributed by atoms with Crippen LogP contribution in [0.5, 0.6) is 0 Å². The van der Waals surface area contributed by atoms with Gasteiger partial charge in [-0.05, 0) is 29.2 Å². The van der Waals surface area contributed by atoms with Crippen molar-refractivity contribution < 1.29 is 18.8 Å². The molecule has 0 atom stereocenters. The zero-order valence-electron chi connectivity index (χ0n) is 15.8. The number of carbonyl (C=O) groups excluding carboxylic acids is 3. The van der Waals surface area contributed by atoms with Gasteiger partial charge in [-0.25, -0.2) is 9.59 Å². The molecule has 0 radical (unpaired) electrons. The van der Waals surface area contributed by atoms with Crippen molar-refractivity contribution in [1.82, 2.24) is 9.80 Å². The summed E-state index contributed by atoms with van der Waals surface area (Å²) in [6, 6.07) is 15.0. The zero-order chi connectivity index (χ0) is 20.5. The van der Waals surface area contributed by atoms with Crippen molar-refractivity contribution in [3.8, 4) is 0 Å². The van der Waals surface area contributed by atoms with E-state index in [2.05, 4.69) is 0 Å². The first-order valence-electron chi connectivity index (χ1n) is 9.25. The average Bonchev–Trinajstić information content (AvgIpc) is 2.92. The summed E-state index contributed by atoms with van der Waals surface area (Å²) in [7, 11) is 0. The number of urea groups is 1. The first-order valence-corrected chi connectivity index (χ1v) is 9.25. The first kappa shape index (κ1) is 18.6. The fraction of sp³-hybridized carbons (Fsp3) is 0.182. The molecule has 7 heteroatoms. The summed E-state index contributed by atoms with van der Waals surface area (Å²) in [5, 5.41) is 0.622. The van der Waals surface area contributed by atoms with E-state index >= 15 is 0 Å². The van der Waals surface area contributed by atoms with Gasteiger partial charge < -0.3 is 4.42 Å². The van der Waals surface area contributed by atoms with Crippen LogP contribution in [0, 0.1) is 0 Å². The Labute approximate surface area is 166 Å². The third-order valence-corrected chi connectivity index (χ3v) is 4.95. The predicted octanol–water partition coefficient (Wildman–Crippen LogP) is 2.85. The van der Waals surface area contributed by atoms with E-state index < -0.39 is 23.5 Å². The molecule has 0 N–H and O–H groups in total. The molecule has 146 valence electrons. The lowest BCUT2D eigenvalue weighted by Gasteiger charge is -2.16. The Morgan fingerprint density at radius 3 is 2.17 bits per heavy atom. The summed E-state index contributed by atoms with van der Waals surface area (Å²) >= 11 is 0. The molecule has 4 rings (SSSR count). The highest BCUT2D eigenvalue weighted by Gasteiger charge is 2.44. The number of amides is 4. The van der Waals surface area contributed by atoms with Crippen LogP contribution >= 0.6 is 0 Å². The summed E-state index contributed by atoms with van der Waals surface area (Å²) in [5.41, 5.74) is 2.00. The van der Waals surface area contributed by atoms with E-state index in [-0.39, 0.29) is 13.1 Å². The Morgan fingerprint density at radius 1 is 0.793 bits per heavy atom. The molecule has 3 aromatic rings. The summed E-state index contributed by atoms with van der Waals surface area (Å²) in [6.07, 6.45) is 0.774. The van der Waals surface area contributed by atoms with Gasteiger partial charge >= 0.3 is 23.5 Å². The number of nitrogens with zero attached hydrogens (tertiary/aromatic N) is 2. The van der Waals surface area contributed by atoms with Crippen LogP contribution in [0.1, 0.15) is 23.6 Å². The molecule has 0 spiro atoms. The second-order valence-electron chi connectivity index (χ2n) is 6.83. The molecule has 7 nitrogen and oxygen atoms in total. The Balaban J connectivity index is 1.66. The van der Waals surface area contributed by atoms with Crippen molar-refractivity contribution in [3.05, 3.63) is 81.7 Å². The highest BCUT2D eigenvalue weighted by molar-refractivity contribution is 6.44. The maximum absolute atomic E-state index is 12.8. The molecular formula is C22H18N2O5. The van der Waals surface area contributed by atoms with Gasteiger partial charge in [0.1, 0.15) is 5.58 Å². The first-order chi connectivity index (χ1) is 14.0. The van der Waals surface area contributed by atoms with Crippen molar-refractivity contribution in [3.63, 3.8) is 0 Å². The third kappa shape index (κ3) is 3.42. The minimum Gasteiger partial charge on any atom is -0.423 e. The fourth-order valence-electron chi connectivity index (χ4n) is 3.39. The molecule has 1 aromatic heterocycles. The molecule has 1 saturated heterocycles. The smallest absolute Gasteiger partial charge is 0.336 e. The van der Waals surface area contributed by atoms with E-state index in [1.165, 1.54) is 6.07 Å². The molecule has 1 fully saturated rings. The minimum atomic E-state index is -0.905. The Morgan fingerprint density at radius 2 is 1.48 bits per heavy atom. The van der Waals surface area contributed by atoms with Crippen LogP contribution in [-0.2, 0) is 29.1 Å². The summed E-state index contributed by atoms with van der Waals surface area (Å²) < 4.78 is 5.26.